The van der Waals surface area contributed by atoms with Crippen molar-refractivity contribution in [3.63, 3.8) is 0 Å². The predicted molar refractivity (Wildman–Crippen MR) is 137 cm³/mol. The van der Waals surface area contributed by atoms with E-state index in [1.54, 1.807) is 5.56 Å². The van der Waals surface area contributed by atoms with Gasteiger partial charge in [-0.2, -0.15) is 0 Å². The van der Waals surface area contributed by atoms with Crippen molar-refractivity contribution < 1.29 is 9.53 Å². The van der Waals surface area contributed by atoms with Gasteiger partial charge in [0.05, 0.1) is 6.61 Å². The average Bonchev–Trinajstić information content (AvgIpc) is 3.57. The topological polar surface area (TPSA) is 26.3 Å². The summed E-state index contributed by atoms with van der Waals surface area (Å²) in [6.45, 7) is 12.5. The Kier molecular flexibility index (Phi) is 8.24. The fraction of sp³-hybridized carbons (Fsp3) is 0.774. The minimum atomic E-state index is 0.0203. The lowest BCUT2D eigenvalue weighted by Gasteiger charge is -2.32. The molecule has 184 valence electrons. The lowest BCUT2D eigenvalue weighted by atomic mass is 9.73. The van der Waals surface area contributed by atoms with Crippen molar-refractivity contribution in [1.82, 2.24) is 0 Å². The largest absolute Gasteiger partial charge is 0.465 e. The Balaban J connectivity index is 0.000000159. The summed E-state index contributed by atoms with van der Waals surface area (Å²) in [5.41, 5.74) is 1.59. The van der Waals surface area contributed by atoms with Crippen molar-refractivity contribution in [1.29, 1.82) is 0 Å². The van der Waals surface area contributed by atoms with Gasteiger partial charge in [-0.15, -0.1) is 0 Å². The highest BCUT2D eigenvalue weighted by molar-refractivity contribution is 5.69. The number of fused-ring (bicyclic) bond motifs is 4. The summed E-state index contributed by atoms with van der Waals surface area (Å²) in [6, 6.07) is 11.2. The van der Waals surface area contributed by atoms with E-state index in [1.165, 1.54) is 25.7 Å². The Morgan fingerprint density at radius 1 is 0.818 bits per heavy atom. The Bertz CT molecular complexity index is 753. The molecule has 4 aliphatic rings. The second-order valence-electron chi connectivity index (χ2n) is 12.1. The van der Waals surface area contributed by atoms with Crippen LogP contribution in [-0.4, -0.2) is 12.6 Å². The van der Waals surface area contributed by atoms with Crippen LogP contribution in [0.2, 0.25) is 0 Å². The van der Waals surface area contributed by atoms with Gasteiger partial charge in [0.25, 0.3) is 0 Å². The van der Waals surface area contributed by atoms with Crippen LogP contribution < -0.4 is 0 Å². The molecule has 4 fully saturated rings. The summed E-state index contributed by atoms with van der Waals surface area (Å²) in [4.78, 5) is 11.6. The molecule has 0 spiro atoms. The summed E-state index contributed by atoms with van der Waals surface area (Å²) < 4.78 is 5.47. The minimum absolute atomic E-state index is 0.0203. The highest BCUT2D eigenvalue weighted by atomic mass is 16.5. The van der Waals surface area contributed by atoms with Gasteiger partial charge in [0.2, 0.25) is 0 Å². The third-order valence-corrected chi connectivity index (χ3v) is 10.6. The number of esters is 1. The number of ether oxygens (including phenoxy) is 1. The molecule has 33 heavy (non-hydrogen) atoms. The molecule has 6 unspecified atom stereocenters. The Labute approximate surface area is 203 Å². The van der Waals surface area contributed by atoms with Crippen molar-refractivity contribution in [2.24, 2.45) is 53.3 Å². The molecule has 4 saturated carbocycles. The summed E-state index contributed by atoms with van der Waals surface area (Å²) in [5, 5.41) is 0. The zero-order valence-electron chi connectivity index (χ0n) is 21.8. The third-order valence-electron chi connectivity index (χ3n) is 10.6. The summed E-state index contributed by atoms with van der Waals surface area (Å²) in [5.74, 6) is 8.83. The first-order valence-corrected chi connectivity index (χ1v) is 14.1. The van der Waals surface area contributed by atoms with Crippen molar-refractivity contribution in [2.45, 2.75) is 91.9 Å². The van der Waals surface area contributed by atoms with Crippen LogP contribution in [0.4, 0.5) is 0 Å². The molecule has 2 heteroatoms. The van der Waals surface area contributed by atoms with Crippen molar-refractivity contribution in [3.05, 3.63) is 35.9 Å². The lowest BCUT2D eigenvalue weighted by molar-refractivity contribution is -0.146. The van der Waals surface area contributed by atoms with Gasteiger partial charge in [-0.05, 0) is 96.8 Å². The van der Waals surface area contributed by atoms with Crippen molar-refractivity contribution in [2.75, 3.05) is 6.61 Å². The van der Waals surface area contributed by atoms with E-state index in [2.05, 4.69) is 65.0 Å². The first-order valence-electron chi connectivity index (χ1n) is 14.1. The number of carbonyl (C=O) groups is 1. The molecule has 0 radical (unpaired) electrons. The molecule has 4 bridgehead atoms. The van der Waals surface area contributed by atoms with Crippen molar-refractivity contribution >= 4 is 5.97 Å². The van der Waals surface area contributed by atoms with Crippen LogP contribution in [0, 0.1) is 53.3 Å². The molecular weight excluding hydrogens is 404 g/mol. The van der Waals surface area contributed by atoms with E-state index < -0.39 is 0 Å². The van der Waals surface area contributed by atoms with E-state index >= 15 is 0 Å². The molecule has 4 aliphatic carbocycles. The number of carbonyl (C=O) groups excluding carboxylic acids is 1. The van der Waals surface area contributed by atoms with Crippen LogP contribution in [0.5, 0.6) is 0 Å². The maximum Gasteiger partial charge on any atom is 0.305 e. The fourth-order valence-corrected chi connectivity index (χ4v) is 8.10. The molecule has 0 N–H and O–H groups in total. The zero-order valence-corrected chi connectivity index (χ0v) is 21.8. The molecule has 1 aromatic rings. The SMILES string of the molecule is CC1C(C)[C@H]2C[C@@H]1CC2c1ccccc1.CCCCCC(=O)OCC1C[C@H]2C[C@@H]1C(C)C2C. The van der Waals surface area contributed by atoms with Gasteiger partial charge < -0.3 is 4.74 Å². The number of hydrogen-bond acceptors (Lipinski definition) is 2. The van der Waals surface area contributed by atoms with Crippen LogP contribution in [-0.2, 0) is 9.53 Å². The normalized spacial score (nSPS) is 40.5. The molecule has 0 aromatic heterocycles. The average molecular weight is 453 g/mol. The van der Waals surface area contributed by atoms with Gasteiger partial charge in [0.15, 0.2) is 0 Å². The Morgan fingerprint density at radius 2 is 1.45 bits per heavy atom. The summed E-state index contributed by atoms with van der Waals surface area (Å²) in [6.07, 6.45) is 9.49. The van der Waals surface area contributed by atoms with Gasteiger partial charge in [0.1, 0.15) is 0 Å². The van der Waals surface area contributed by atoms with Crippen LogP contribution in [0.15, 0.2) is 30.3 Å². The maximum absolute atomic E-state index is 11.6. The van der Waals surface area contributed by atoms with Gasteiger partial charge in [0, 0.05) is 6.42 Å². The fourth-order valence-electron chi connectivity index (χ4n) is 8.10. The number of hydrogen-bond donors (Lipinski definition) is 0. The minimum Gasteiger partial charge on any atom is -0.465 e. The first kappa shape index (κ1) is 24.8. The van der Waals surface area contributed by atoms with Crippen LogP contribution in [0.3, 0.4) is 0 Å². The van der Waals surface area contributed by atoms with Gasteiger partial charge in [-0.3, -0.25) is 4.79 Å². The van der Waals surface area contributed by atoms with E-state index in [0.29, 0.717) is 18.9 Å². The highest BCUT2D eigenvalue weighted by Gasteiger charge is 2.49. The van der Waals surface area contributed by atoms with Crippen LogP contribution in [0.25, 0.3) is 0 Å². The predicted octanol–water partition coefficient (Wildman–Crippen LogP) is 8.12. The molecule has 1 aromatic carbocycles. The molecular formula is C31H48O2. The van der Waals surface area contributed by atoms with Crippen LogP contribution in [0.1, 0.15) is 97.5 Å². The third kappa shape index (κ3) is 5.35. The molecule has 10 atom stereocenters. The standard InChI is InChI=1S/C16H28O2.C15H20/c1-4-5-6-7-16(17)18-10-14-8-13-9-15(14)12(3)11(13)2;1-10-11(2)14-8-13(10)9-15(14)12-6-4-3-5-7-12/h11-15H,4-10H2,1-3H3;3-7,10-11,13-15H,8-9H2,1-2H3/t11?,12?,13-,14?,15+;10?,11?,13-,14-,15?/m01/s1. The van der Waals surface area contributed by atoms with E-state index in [1.807, 2.05) is 0 Å². The van der Waals surface area contributed by atoms with Gasteiger partial charge >= 0.3 is 5.97 Å². The molecule has 0 amide bonds. The molecule has 0 heterocycles. The second kappa shape index (κ2) is 11.0. The summed E-state index contributed by atoms with van der Waals surface area (Å²) >= 11 is 0. The second-order valence-corrected chi connectivity index (χ2v) is 12.1. The maximum atomic E-state index is 11.6. The van der Waals surface area contributed by atoms with E-state index in [9.17, 15) is 4.79 Å². The zero-order chi connectivity index (χ0) is 23.5. The lowest BCUT2D eigenvalue weighted by Crippen LogP contribution is -2.28. The highest BCUT2D eigenvalue weighted by Crippen LogP contribution is 2.58. The van der Waals surface area contributed by atoms with Gasteiger partial charge in [-0.25, -0.2) is 0 Å². The molecule has 0 aliphatic heterocycles. The van der Waals surface area contributed by atoms with Gasteiger partial charge in [-0.1, -0.05) is 77.8 Å². The van der Waals surface area contributed by atoms with E-state index in [4.69, 9.17) is 4.74 Å². The Hall–Kier alpha value is -1.31. The molecule has 5 rings (SSSR count). The van der Waals surface area contributed by atoms with Crippen LogP contribution >= 0.6 is 0 Å². The smallest absolute Gasteiger partial charge is 0.305 e. The summed E-state index contributed by atoms with van der Waals surface area (Å²) in [7, 11) is 0. The Morgan fingerprint density at radius 3 is 2.03 bits per heavy atom. The first-order chi connectivity index (χ1) is 15.9. The number of benzene rings is 1. The monoisotopic (exact) mass is 452 g/mol. The quantitative estimate of drug-likeness (QED) is 0.308. The number of rotatable bonds is 7. The molecule has 0 saturated heterocycles. The number of unbranched alkanes of at least 4 members (excludes halogenated alkanes) is 2. The van der Waals surface area contributed by atoms with E-state index in [-0.39, 0.29) is 5.97 Å². The van der Waals surface area contributed by atoms with E-state index in [0.717, 1.165) is 72.5 Å². The van der Waals surface area contributed by atoms with Crippen molar-refractivity contribution in [3.8, 4) is 0 Å². The molecule has 2 nitrogen and oxygen atoms in total.